The molecule has 4 nitrogen and oxygen atoms in total. The highest BCUT2D eigenvalue weighted by atomic mass is 16.3. The molecule has 0 aliphatic carbocycles. The first-order valence-electron chi connectivity index (χ1n) is 5.23. The van der Waals surface area contributed by atoms with E-state index in [1.165, 1.54) is 0 Å². The lowest BCUT2D eigenvalue weighted by Gasteiger charge is -2.25. The predicted molar refractivity (Wildman–Crippen MR) is 60.5 cm³/mol. The smallest absolute Gasteiger partial charge is 0.124 e. The van der Waals surface area contributed by atoms with E-state index >= 15 is 0 Å². The summed E-state index contributed by atoms with van der Waals surface area (Å²) in [5, 5.41) is 27.0. The number of nitriles is 1. The summed E-state index contributed by atoms with van der Waals surface area (Å²) in [6, 6.07) is 11.1. The van der Waals surface area contributed by atoms with Crippen molar-refractivity contribution < 1.29 is 10.2 Å². The van der Waals surface area contributed by atoms with Crippen LogP contribution in [0.3, 0.4) is 0 Å². The van der Waals surface area contributed by atoms with E-state index in [1.54, 1.807) is 4.90 Å². The van der Waals surface area contributed by atoms with Crippen molar-refractivity contribution in [3.8, 4) is 6.07 Å². The molecule has 0 aliphatic heterocycles. The molecule has 0 aliphatic rings. The summed E-state index contributed by atoms with van der Waals surface area (Å²) in [6.07, 6.45) is 0. The average molecular weight is 220 g/mol. The van der Waals surface area contributed by atoms with Gasteiger partial charge in [0.2, 0.25) is 0 Å². The Morgan fingerprint density at radius 3 is 2.12 bits per heavy atom. The molecule has 0 saturated heterocycles. The van der Waals surface area contributed by atoms with Gasteiger partial charge in [-0.3, -0.25) is 4.90 Å². The Bertz CT molecular complexity index is 329. The summed E-state index contributed by atoms with van der Waals surface area (Å²) >= 11 is 0. The van der Waals surface area contributed by atoms with Gasteiger partial charge in [-0.15, -0.1) is 0 Å². The minimum Gasteiger partial charge on any atom is -0.395 e. The van der Waals surface area contributed by atoms with Crippen LogP contribution in [0.1, 0.15) is 11.6 Å². The summed E-state index contributed by atoms with van der Waals surface area (Å²) in [4.78, 5) is 1.76. The number of benzene rings is 1. The normalized spacial score (nSPS) is 12.4. The minimum absolute atomic E-state index is 0.0228. The highest BCUT2D eigenvalue weighted by molar-refractivity contribution is 5.24. The molecule has 86 valence electrons. The van der Waals surface area contributed by atoms with E-state index in [-0.39, 0.29) is 13.2 Å². The van der Waals surface area contributed by atoms with Crippen LogP contribution in [-0.4, -0.2) is 41.4 Å². The van der Waals surface area contributed by atoms with Gasteiger partial charge in [-0.05, 0) is 5.56 Å². The second-order valence-electron chi connectivity index (χ2n) is 3.43. The second-order valence-corrected chi connectivity index (χ2v) is 3.43. The Labute approximate surface area is 95.4 Å². The minimum atomic E-state index is -0.416. The molecular formula is C12H16N2O2. The van der Waals surface area contributed by atoms with Crippen LogP contribution in [-0.2, 0) is 0 Å². The Balaban J connectivity index is 2.83. The maximum absolute atomic E-state index is 9.15. The van der Waals surface area contributed by atoms with Gasteiger partial charge in [0, 0.05) is 13.1 Å². The van der Waals surface area contributed by atoms with Crippen molar-refractivity contribution >= 4 is 0 Å². The van der Waals surface area contributed by atoms with Gasteiger partial charge in [-0.25, -0.2) is 0 Å². The molecule has 1 unspecified atom stereocenters. The van der Waals surface area contributed by atoms with Gasteiger partial charge in [-0.2, -0.15) is 5.26 Å². The molecule has 0 amide bonds. The average Bonchev–Trinajstić information content (AvgIpc) is 2.32. The zero-order valence-corrected chi connectivity index (χ0v) is 9.08. The summed E-state index contributed by atoms with van der Waals surface area (Å²) in [7, 11) is 0. The highest BCUT2D eigenvalue weighted by Gasteiger charge is 2.18. The lowest BCUT2D eigenvalue weighted by molar-refractivity contribution is 0.142. The van der Waals surface area contributed by atoms with E-state index in [0.29, 0.717) is 13.1 Å². The fourth-order valence-corrected chi connectivity index (χ4v) is 1.63. The summed E-state index contributed by atoms with van der Waals surface area (Å²) in [6.45, 7) is 0.720. The summed E-state index contributed by atoms with van der Waals surface area (Å²) < 4.78 is 0. The number of aliphatic hydroxyl groups excluding tert-OH is 2. The molecule has 1 aromatic rings. The largest absolute Gasteiger partial charge is 0.395 e. The standard InChI is InChI=1S/C12H16N2O2/c13-10-12(11-4-2-1-3-5-11)14(6-8-15)7-9-16/h1-5,12,15-16H,6-9H2. The van der Waals surface area contributed by atoms with Crippen molar-refractivity contribution in [2.75, 3.05) is 26.3 Å². The third-order valence-corrected chi connectivity index (χ3v) is 2.38. The van der Waals surface area contributed by atoms with Crippen molar-refractivity contribution in [2.45, 2.75) is 6.04 Å². The summed E-state index contributed by atoms with van der Waals surface area (Å²) in [5.41, 5.74) is 0.881. The lowest BCUT2D eigenvalue weighted by Crippen LogP contribution is -2.33. The molecule has 0 heterocycles. The number of hydrogen-bond donors (Lipinski definition) is 2. The van der Waals surface area contributed by atoms with Crippen LogP contribution in [0.25, 0.3) is 0 Å². The Morgan fingerprint density at radius 2 is 1.69 bits per heavy atom. The van der Waals surface area contributed by atoms with Gasteiger partial charge >= 0.3 is 0 Å². The molecular weight excluding hydrogens is 204 g/mol. The SMILES string of the molecule is N#CC(c1ccccc1)N(CCO)CCO. The first kappa shape index (κ1) is 12.7. The number of rotatable bonds is 6. The molecule has 4 heteroatoms. The van der Waals surface area contributed by atoms with E-state index in [4.69, 9.17) is 15.5 Å². The van der Waals surface area contributed by atoms with Crippen LogP contribution in [0.5, 0.6) is 0 Å². The number of aliphatic hydroxyl groups is 2. The molecule has 1 rings (SSSR count). The third kappa shape index (κ3) is 3.31. The number of hydrogen-bond acceptors (Lipinski definition) is 4. The molecule has 2 N–H and O–H groups in total. The van der Waals surface area contributed by atoms with E-state index < -0.39 is 6.04 Å². The first-order chi connectivity index (χ1) is 7.83. The van der Waals surface area contributed by atoms with Gasteiger partial charge < -0.3 is 10.2 Å². The van der Waals surface area contributed by atoms with Gasteiger partial charge in [0.25, 0.3) is 0 Å². The first-order valence-corrected chi connectivity index (χ1v) is 5.23. The van der Waals surface area contributed by atoms with E-state index in [2.05, 4.69) is 6.07 Å². The van der Waals surface area contributed by atoms with Gasteiger partial charge in [0.1, 0.15) is 6.04 Å². The van der Waals surface area contributed by atoms with Crippen molar-refractivity contribution in [1.29, 1.82) is 5.26 Å². The van der Waals surface area contributed by atoms with Crippen molar-refractivity contribution in [3.05, 3.63) is 35.9 Å². The van der Waals surface area contributed by atoms with Crippen LogP contribution in [0.15, 0.2) is 30.3 Å². The van der Waals surface area contributed by atoms with Gasteiger partial charge in [0.15, 0.2) is 0 Å². The van der Waals surface area contributed by atoms with Crippen molar-refractivity contribution in [2.24, 2.45) is 0 Å². The molecule has 0 aromatic heterocycles. The maximum Gasteiger partial charge on any atom is 0.124 e. The Morgan fingerprint density at radius 1 is 1.12 bits per heavy atom. The monoisotopic (exact) mass is 220 g/mol. The van der Waals surface area contributed by atoms with Gasteiger partial charge in [-0.1, -0.05) is 30.3 Å². The van der Waals surface area contributed by atoms with E-state index in [9.17, 15) is 0 Å². The predicted octanol–water partition coefficient (Wildman–Crippen LogP) is 0.538. The molecule has 0 saturated carbocycles. The molecule has 0 spiro atoms. The maximum atomic E-state index is 9.15. The van der Waals surface area contributed by atoms with Crippen LogP contribution >= 0.6 is 0 Å². The summed E-state index contributed by atoms with van der Waals surface area (Å²) in [5.74, 6) is 0. The van der Waals surface area contributed by atoms with Crippen molar-refractivity contribution in [3.63, 3.8) is 0 Å². The third-order valence-electron chi connectivity index (χ3n) is 2.38. The van der Waals surface area contributed by atoms with E-state index in [0.717, 1.165) is 5.56 Å². The Kier molecular flexibility index (Phi) is 5.51. The Hall–Kier alpha value is -1.41. The highest BCUT2D eigenvalue weighted by Crippen LogP contribution is 2.18. The molecule has 1 atom stereocenters. The molecule has 0 bridgehead atoms. The van der Waals surface area contributed by atoms with Crippen LogP contribution in [0, 0.1) is 11.3 Å². The number of nitrogens with zero attached hydrogens (tertiary/aromatic N) is 2. The van der Waals surface area contributed by atoms with Crippen LogP contribution in [0.2, 0.25) is 0 Å². The van der Waals surface area contributed by atoms with Crippen LogP contribution in [0.4, 0.5) is 0 Å². The zero-order chi connectivity index (χ0) is 11.8. The zero-order valence-electron chi connectivity index (χ0n) is 9.08. The molecule has 0 radical (unpaired) electrons. The van der Waals surface area contributed by atoms with E-state index in [1.807, 2.05) is 30.3 Å². The molecule has 16 heavy (non-hydrogen) atoms. The van der Waals surface area contributed by atoms with Gasteiger partial charge in [0.05, 0.1) is 19.3 Å². The topological polar surface area (TPSA) is 67.5 Å². The molecule has 1 aromatic carbocycles. The second kappa shape index (κ2) is 6.96. The quantitative estimate of drug-likeness (QED) is 0.734. The van der Waals surface area contributed by atoms with Crippen LogP contribution < -0.4 is 0 Å². The lowest BCUT2D eigenvalue weighted by atomic mass is 10.1. The molecule has 0 fully saturated rings. The fourth-order valence-electron chi connectivity index (χ4n) is 1.63. The van der Waals surface area contributed by atoms with Crippen molar-refractivity contribution in [1.82, 2.24) is 4.90 Å². The fraction of sp³-hybridized carbons (Fsp3) is 0.417.